The van der Waals surface area contributed by atoms with Gasteiger partial charge in [0.2, 0.25) is 5.91 Å². The SMILES string of the molecule is C=CC(=O)Nc1cccc(C(=O)N2CCc3sccc3C2)c1C. The lowest BCUT2D eigenvalue weighted by molar-refractivity contribution is -0.111. The Morgan fingerprint density at radius 2 is 2.17 bits per heavy atom. The number of anilines is 1. The first-order valence-corrected chi connectivity index (χ1v) is 8.35. The van der Waals surface area contributed by atoms with E-state index in [4.69, 9.17) is 0 Å². The van der Waals surface area contributed by atoms with Gasteiger partial charge < -0.3 is 10.2 Å². The predicted octanol–water partition coefficient (Wildman–Crippen LogP) is 3.38. The summed E-state index contributed by atoms with van der Waals surface area (Å²) in [6.45, 7) is 6.68. The van der Waals surface area contributed by atoms with Gasteiger partial charge in [0.05, 0.1) is 0 Å². The molecule has 0 unspecified atom stereocenters. The molecule has 1 aliphatic rings. The largest absolute Gasteiger partial charge is 0.334 e. The Bertz CT molecular complexity index is 779. The molecule has 2 heterocycles. The number of benzene rings is 1. The second-order valence-electron chi connectivity index (χ2n) is 5.52. The Balaban J connectivity index is 1.84. The third kappa shape index (κ3) is 3.05. The molecule has 2 amide bonds. The molecule has 4 nitrogen and oxygen atoms in total. The summed E-state index contributed by atoms with van der Waals surface area (Å²) in [6, 6.07) is 7.48. The van der Waals surface area contributed by atoms with Gasteiger partial charge in [0, 0.05) is 29.2 Å². The van der Waals surface area contributed by atoms with Crippen LogP contribution in [0.3, 0.4) is 0 Å². The van der Waals surface area contributed by atoms with E-state index in [0.717, 1.165) is 18.5 Å². The van der Waals surface area contributed by atoms with Crippen LogP contribution in [-0.4, -0.2) is 23.3 Å². The average molecular weight is 326 g/mol. The van der Waals surface area contributed by atoms with E-state index in [0.29, 0.717) is 17.8 Å². The van der Waals surface area contributed by atoms with Crippen LogP contribution in [0.5, 0.6) is 0 Å². The minimum atomic E-state index is -0.279. The number of nitrogens with one attached hydrogen (secondary N) is 1. The number of thiophene rings is 1. The molecule has 0 bridgehead atoms. The highest BCUT2D eigenvalue weighted by molar-refractivity contribution is 7.10. The second kappa shape index (κ2) is 6.38. The molecular formula is C18H18N2O2S. The van der Waals surface area contributed by atoms with Crippen molar-refractivity contribution in [2.45, 2.75) is 19.9 Å². The van der Waals surface area contributed by atoms with Gasteiger partial charge in [0.15, 0.2) is 0 Å². The van der Waals surface area contributed by atoms with Gasteiger partial charge in [-0.05, 0) is 54.1 Å². The molecule has 2 aromatic rings. The van der Waals surface area contributed by atoms with E-state index < -0.39 is 0 Å². The second-order valence-corrected chi connectivity index (χ2v) is 6.52. The number of fused-ring (bicyclic) bond motifs is 1. The fourth-order valence-corrected chi connectivity index (χ4v) is 3.67. The van der Waals surface area contributed by atoms with E-state index >= 15 is 0 Å². The smallest absolute Gasteiger partial charge is 0.254 e. The van der Waals surface area contributed by atoms with Crippen LogP contribution in [0.25, 0.3) is 0 Å². The first-order valence-electron chi connectivity index (χ1n) is 7.47. The molecule has 3 rings (SSSR count). The van der Waals surface area contributed by atoms with Gasteiger partial charge in [0.25, 0.3) is 5.91 Å². The van der Waals surface area contributed by atoms with E-state index in [2.05, 4.69) is 23.3 Å². The lowest BCUT2D eigenvalue weighted by Gasteiger charge is -2.28. The van der Waals surface area contributed by atoms with Crippen molar-refractivity contribution in [2.75, 3.05) is 11.9 Å². The van der Waals surface area contributed by atoms with E-state index in [1.165, 1.54) is 16.5 Å². The summed E-state index contributed by atoms with van der Waals surface area (Å²) in [5.74, 6) is -0.271. The first-order chi connectivity index (χ1) is 11.1. The van der Waals surface area contributed by atoms with Gasteiger partial charge in [0.1, 0.15) is 0 Å². The standard InChI is InChI=1S/C18H18N2O2S/c1-3-17(21)19-15-6-4-5-14(12(15)2)18(22)20-9-7-16-13(11-20)8-10-23-16/h3-6,8,10H,1,7,9,11H2,2H3,(H,19,21). The molecule has 0 aliphatic carbocycles. The van der Waals surface area contributed by atoms with Gasteiger partial charge in [-0.2, -0.15) is 0 Å². The van der Waals surface area contributed by atoms with Crippen LogP contribution in [0, 0.1) is 6.92 Å². The number of rotatable bonds is 3. The lowest BCUT2D eigenvalue weighted by atomic mass is 10.0. The quantitative estimate of drug-likeness (QED) is 0.879. The molecule has 1 aromatic carbocycles. The highest BCUT2D eigenvalue weighted by Crippen LogP contribution is 2.27. The maximum absolute atomic E-state index is 12.9. The summed E-state index contributed by atoms with van der Waals surface area (Å²) < 4.78 is 0. The fourth-order valence-electron chi connectivity index (χ4n) is 2.78. The third-order valence-corrected chi connectivity index (χ3v) is 5.13. The summed E-state index contributed by atoms with van der Waals surface area (Å²) in [7, 11) is 0. The van der Waals surface area contributed by atoms with E-state index in [1.807, 2.05) is 17.9 Å². The summed E-state index contributed by atoms with van der Waals surface area (Å²) in [4.78, 5) is 27.6. The normalized spacial score (nSPS) is 13.3. The van der Waals surface area contributed by atoms with Crippen molar-refractivity contribution in [1.82, 2.24) is 4.90 Å². The van der Waals surface area contributed by atoms with Crippen LogP contribution in [0.15, 0.2) is 42.3 Å². The number of carbonyl (C=O) groups excluding carboxylic acids is 2. The van der Waals surface area contributed by atoms with Gasteiger partial charge >= 0.3 is 0 Å². The molecule has 0 atom stereocenters. The monoisotopic (exact) mass is 326 g/mol. The molecule has 118 valence electrons. The van der Waals surface area contributed by atoms with E-state index in [9.17, 15) is 9.59 Å². The Labute approximate surface area is 139 Å². The Hall–Kier alpha value is -2.40. The van der Waals surface area contributed by atoms with Crippen LogP contribution in [0.2, 0.25) is 0 Å². The van der Waals surface area contributed by atoms with Crippen LogP contribution >= 0.6 is 11.3 Å². The van der Waals surface area contributed by atoms with E-state index in [1.54, 1.807) is 23.5 Å². The zero-order valence-electron chi connectivity index (χ0n) is 13.0. The number of carbonyl (C=O) groups is 2. The molecule has 0 saturated carbocycles. The van der Waals surface area contributed by atoms with Crippen molar-refractivity contribution in [3.05, 3.63) is 63.9 Å². The summed E-state index contributed by atoms with van der Waals surface area (Å²) >= 11 is 1.76. The van der Waals surface area contributed by atoms with Gasteiger partial charge in [-0.25, -0.2) is 0 Å². The summed E-state index contributed by atoms with van der Waals surface area (Å²) in [6.07, 6.45) is 2.13. The zero-order valence-corrected chi connectivity index (χ0v) is 13.8. The minimum Gasteiger partial charge on any atom is -0.334 e. The topological polar surface area (TPSA) is 49.4 Å². The Morgan fingerprint density at radius 1 is 1.35 bits per heavy atom. The molecule has 1 aliphatic heterocycles. The lowest BCUT2D eigenvalue weighted by Crippen LogP contribution is -2.35. The molecule has 1 N–H and O–H groups in total. The minimum absolute atomic E-state index is 0.00838. The van der Waals surface area contributed by atoms with Crippen LogP contribution in [0.4, 0.5) is 5.69 Å². The highest BCUT2D eigenvalue weighted by atomic mass is 32.1. The van der Waals surface area contributed by atoms with Crippen LogP contribution in [0.1, 0.15) is 26.4 Å². The zero-order chi connectivity index (χ0) is 16.4. The molecule has 0 radical (unpaired) electrons. The number of hydrogen-bond acceptors (Lipinski definition) is 3. The number of nitrogens with zero attached hydrogens (tertiary/aromatic N) is 1. The maximum Gasteiger partial charge on any atom is 0.254 e. The predicted molar refractivity (Wildman–Crippen MR) is 92.8 cm³/mol. The van der Waals surface area contributed by atoms with Crippen molar-refractivity contribution in [1.29, 1.82) is 0 Å². The molecule has 23 heavy (non-hydrogen) atoms. The first kappa shape index (κ1) is 15.5. The van der Waals surface area contributed by atoms with E-state index in [-0.39, 0.29) is 11.8 Å². The molecule has 0 fully saturated rings. The molecular weight excluding hydrogens is 308 g/mol. The summed E-state index contributed by atoms with van der Waals surface area (Å²) in [5, 5.41) is 4.82. The molecule has 5 heteroatoms. The van der Waals surface area contributed by atoms with Gasteiger partial charge in [-0.15, -0.1) is 11.3 Å². The van der Waals surface area contributed by atoms with Crippen molar-refractivity contribution < 1.29 is 9.59 Å². The van der Waals surface area contributed by atoms with Crippen LogP contribution < -0.4 is 5.32 Å². The van der Waals surface area contributed by atoms with Gasteiger partial charge in [-0.3, -0.25) is 9.59 Å². The maximum atomic E-state index is 12.9. The third-order valence-electron chi connectivity index (χ3n) is 4.10. The number of hydrogen-bond donors (Lipinski definition) is 1. The van der Waals surface area contributed by atoms with Crippen molar-refractivity contribution in [3.63, 3.8) is 0 Å². The summed E-state index contributed by atoms with van der Waals surface area (Å²) in [5.41, 5.74) is 3.30. The highest BCUT2D eigenvalue weighted by Gasteiger charge is 2.24. The van der Waals surface area contributed by atoms with Crippen molar-refractivity contribution >= 4 is 28.8 Å². The Kier molecular flexibility index (Phi) is 4.30. The van der Waals surface area contributed by atoms with Crippen molar-refractivity contribution in [3.8, 4) is 0 Å². The Morgan fingerprint density at radius 3 is 2.96 bits per heavy atom. The molecule has 0 saturated heterocycles. The average Bonchev–Trinajstić information content (AvgIpc) is 3.03. The molecule has 1 aromatic heterocycles. The number of amides is 2. The molecule has 0 spiro atoms. The van der Waals surface area contributed by atoms with Crippen LogP contribution in [-0.2, 0) is 17.8 Å². The van der Waals surface area contributed by atoms with Gasteiger partial charge in [-0.1, -0.05) is 12.6 Å². The fraction of sp³-hybridized carbons (Fsp3) is 0.222. The van der Waals surface area contributed by atoms with Crippen molar-refractivity contribution in [2.24, 2.45) is 0 Å².